The first-order chi connectivity index (χ1) is 9.19. The molecule has 2 rings (SSSR count). The van der Waals surface area contributed by atoms with E-state index in [0.29, 0.717) is 12.6 Å². The molecule has 1 aromatic heterocycles. The van der Waals surface area contributed by atoms with Crippen molar-refractivity contribution >= 4 is 37.5 Å². The molecule has 0 atom stereocenters. The van der Waals surface area contributed by atoms with Crippen LogP contribution >= 0.6 is 0 Å². The Morgan fingerprint density at radius 3 is 2.74 bits per heavy atom. The Morgan fingerprint density at radius 1 is 1.42 bits per heavy atom. The minimum atomic E-state index is 0.138. The summed E-state index contributed by atoms with van der Waals surface area (Å²) in [5, 5.41) is 9.72. The molecule has 0 saturated carbocycles. The van der Waals surface area contributed by atoms with Crippen molar-refractivity contribution in [1.82, 2.24) is 9.97 Å². The molecule has 0 bridgehead atoms. The number of nitrogens with two attached hydrogens (primary N) is 1. The van der Waals surface area contributed by atoms with Gasteiger partial charge in [0, 0.05) is 0 Å². The van der Waals surface area contributed by atoms with Crippen LogP contribution in [0.15, 0.2) is 12.3 Å². The molecule has 1 fully saturated rings. The van der Waals surface area contributed by atoms with Crippen molar-refractivity contribution in [3.63, 3.8) is 0 Å². The summed E-state index contributed by atoms with van der Waals surface area (Å²) in [7, 11) is 0. The Labute approximate surface area is 130 Å². The zero-order valence-corrected chi connectivity index (χ0v) is 15.1. The molecule has 1 saturated heterocycles. The number of aromatic nitrogens is 2. The average molecular weight is 457 g/mol. The van der Waals surface area contributed by atoms with Crippen molar-refractivity contribution in [2.45, 2.75) is 29.7 Å². The van der Waals surface area contributed by atoms with Crippen LogP contribution in [0.25, 0.3) is 0 Å². The van der Waals surface area contributed by atoms with Gasteiger partial charge in [-0.3, -0.25) is 0 Å². The molecule has 0 aliphatic carbocycles. The van der Waals surface area contributed by atoms with Gasteiger partial charge in [-0.05, 0) is 0 Å². The second-order valence-corrected chi connectivity index (χ2v) is 7.22. The van der Waals surface area contributed by atoms with Gasteiger partial charge in [-0.15, -0.1) is 0 Å². The summed E-state index contributed by atoms with van der Waals surface area (Å²) in [6.45, 7) is 2.20. The Morgan fingerprint density at radius 2 is 2.16 bits per heavy atom. The Bertz CT molecular complexity index is 407. The molecule has 3 radical (unpaired) electrons. The van der Waals surface area contributed by atoms with E-state index in [2.05, 4.69) is 14.9 Å². The van der Waals surface area contributed by atoms with Crippen LogP contribution in [0.2, 0.25) is 3.98 Å². The summed E-state index contributed by atoms with van der Waals surface area (Å²) < 4.78 is 1.33. The van der Waals surface area contributed by atoms with Crippen LogP contribution in [0, 0.1) is 5.41 Å². The second kappa shape index (κ2) is 6.83. The number of hydrogen-bond donors (Lipinski definition) is 2. The molecule has 103 valence electrons. The zero-order chi connectivity index (χ0) is 13.7. The van der Waals surface area contributed by atoms with Crippen LogP contribution in [0.4, 0.5) is 11.8 Å². The van der Waals surface area contributed by atoms with Gasteiger partial charge in [0.2, 0.25) is 0 Å². The van der Waals surface area contributed by atoms with E-state index in [4.69, 9.17) is 5.73 Å². The quantitative estimate of drug-likeness (QED) is 0.647. The molecular formula is C13H21N4OPb. The molecule has 5 nitrogen and oxygen atoms in total. The molecule has 2 heterocycles. The number of nitrogens with zero attached hydrogens (tertiary/aromatic N) is 3. The second-order valence-electron chi connectivity index (χ2n) is 5.27. The third-order valence-electron chi connectivity index (χ3n) is 4.03. The number of piperidine rings is 1. The van der Waals surface area contributed by atoms with Crippen LogP contribution < -0.4 is 10.6 Å². The molecule has 19 heavy (non-hydrogen) atoms. The molecule has 0 amide bonds. The van der Waals surface area contributed by atoms with E-state index in [1.807, 2.05) is 6.07 Å². The van der Waals surface area contributed by atoms with Crippen LogP contribution in [-0.2, 0) is 0 Å². The Hall–Kier alpha value is -0.438. The fourth-order valence-electron chi connectivity index (χ4n) is 2.70. The third kappa shape index (κ3) is 3.78. The molecule has 0 aromatic carbocycles. The first-order valence-electron chi connectivity index (χ1n) is 6.78. The molecule has 0 spiro atoms. The van der Waals surface area contributed by atoms with Gasteiger partial charge in [-0.2, -0.15) is 0 Å². The first kappa shape index (κ1) is 15.0. The summed E-state index contributed by atoms with van der Waals surface area (Å²) in [4.78, 5) is 10.4. The van der Waals surface area contributed by atoms with Crippen LogP contribution in [0.1, 0.15) is 25.7 Å². The van der Waals surface area contributed by atoms with Crippen molar-refractivity contribution in [3.05, 3.63) is 12.3 Å². The van der Waals surface area contributed by atoms with Gasteiger partial charge >= 0.3 is 130 Å². The average Bonchev–Trinajstić information content (AvgIpc) is 2.46. The van der Waals surface area contributed by atoms with E-state index in [-0.39, 0.29) is 5.41 Å². The van der Waals surface area contributed by atoms with E-state index >= 15 is 0 Å². The fourth-order valence-corrected chi connectivity index (χ4v) is 3.39. The zero-order valence-electron chi connectivity index (χ0n) is 11.2. The number of aliphatic hydroxyl groups is 1. The van der Waals surface area contributed by atoms with E-state index < -0.39 is 0 Å². The number of nitrogen functional groups attached to an aromatic ring is 1. The van der Waals surface area contributed by atoms with Crippen LogP contribution in [0.3, 0.4) is 0 Å². The van der Waals surface area contributed by atoms with Gasteiger partial charge in [-0.1, -0.05) is 0 Å². The number of aliphatic hydroxyl groups excluding tert-OH is 1. The Kier molecular flexibility index (Phi) is 5.38. The van der Waals surface area contributed by atoms with E-state index in [1.165, 1.54) is 36.2 Å². The van der Waals surface area contributed by atoms with Gasteiger partial charge in [0.15, 0.2) is 0 Å². The van der Waals surface area contributed by atoms with E-state index in [1.54, 1.807) is 6.20 Å². The van der Waals surface area contributed by atoms with Crippen molar-refractivity contribution in [2.24, 2.45) is 5.41 Å². The number of rotatable bonds is 5. The number of hydrogen-bond acceptors (Lipinski definition) is 5. The SMILES string of the molecule is Nc1nccc(N2CCC(CO)(CC[CH2][Pb])CC2)n1. The summed E-state index contributed by atoms with van der Waals surface area (Å²) >= 11 is 1.26. The predicted octanol–water partition coefficient (Wildman–Crippen LogP) is 1.00. The van der Waals surface area contributed by atoms with Gasteiger partial charge < -0.3 is 0 Å². The van der Waals surface area contributed by atoms with Crippen molar-refractivity contribution < 1.29 is 5.11 Å². The van der Waals surface area contributed by atoms with Gasteiger partial charge in [-0.25, -0.2) is 0 Å². The molecule has 3 N–H and O–H groups in total. The first-order valence-corrected chi connectivity index (χ1v) is 9.53. The fraction of sp³-hybridized carbons (Fsp3) is 0.692. The minimum absolute atomic E-state index is 0.138. The van der Waals surface area contributed by atoms with Crippen molar-refractivity contribution in [3.8, 4) is 0 Å². The van der Waals surface area contributed by atoms with Crippen molar-refractivity contribution in [1.29, 1.82) is 0 Å². The number of anilines is 2. The summed E-state index contributed by atoms with van der Waals surface area (Å²) in [6.07, 6.45) is 6.19. The van der Waals surface area contributed by atoms with Gasteiger partial charge in [0.25, 0.3) is 0 Å². The monoisotopic (exact) mass is 457 g/mol. The topological polar surface area (TPSA) is 75.3 Å². The molecule has 0 unspecified atom stereocenters. The molecule has 1 aliphatic rings. The van der Waals surface area contributed by atoms with Gasteiger partial charge in [0.1, 0.15) is 0 Å². The molecular weight excluding hydrogens is 435 g/mol. The van der Waals surface area contributed by atoms with Gasteiger partial charge in [0.05, 0.1) is 0 Å². The van der Waals surface area contributed by atoms with Crippen LogP contribution in [-0.4, -0.2) is 60.5 Å². The van der Waals surface area contributed by atoms with Crippen molar-refractivity contribution in [2.75, 3.05) is 30.3 Å². The van der Waals surface area contributed by atoms with E-state index in [0.717, 1.165) is 38.2 Å². The summed E-state index contributed by atoms with van der Waals surface area (Å²) in [5.41, 5.74) is 5.76. The maximum absolute atomic E-state index is 9.72. The summed E-state index contributed by atoms with van der Waals surface area (Å²) in [6, 6.07) is 1.90. The molecule has 1 aliphatic heterocycles. The molecule has 6 heteroatoms. The van der Waals surface area contributed by atoms with E-state index in [9.17, 15) is 5.11 Å². The predicted molar refractivity (Wildman–Crippen MR) is 77.2 cm³/mol. The Balaban J connectivity index is 1.97. The van der Waals surface area contributed by atoms with Crippen LogP contribution in [0.5, 0.6) is 0 Å². The third-order valence-corrected chi connectivity index (χ3v) is 5.40. The summed E-state index contributed by atoms with van der Waals surface area (Å²) in [5.74, 6) is 1.23. The normalized spacial score (nSPS) is 18.5. The molecule has 1 aromatic rings. The maximum atomic E-state index is 9.72. The standard InChI is InChI=1S/C13H21N4O.Pb/c1-2-4-13(10-18)5-8-17(9-6-13)11-3-7-15-12(14)16-11;/h3,7,18H,1-2,4-6,8-10H2,(H2,14,15,16);.